The number of alkyl halides is 3. The van der Waals surface area contributed by atoms with Crippen LogP contribution in [0.2, 0.25) is 0 Å². The summed E-state index contributed by atoms with van der Waals surface area (Å²) in [5.41, 5.74) is -2.60. The molecule has 0 heterocycles. The number of carbonyl (C=O) groups is 1. The molecule has 1 aromatic carbocycles. The Morgan fingerprint density at radius 2 is 1.82 bits per heavy atom. The van der Waals surface area contributed by atoms with Crippen molar-refractivity contribution in [3.8, 4) is 0 Å². The molecule has 0 amide bonds. The lowest BCUT2D eigenvalue weighted by atomic mass is 9.94. The van der Waals surface area contributed by atoms with Gasteiger partial charge in [0, 0.05) is 0 Å². The third-order valence-corrected chi connectivity index (χ3v) is 2.94. The topological polar surface area (TPSA) is 37.3 Å². The lowest BCUT2D eigenvalue weighted by Crippen LogP contribution is -2.20. The van der Waals surface area contributed by atoms with Gasteiger partial charge in [0.25, 0.3) is 0 Å². The summed E-state index contributed by atoms with van der Waals surface area (Å²) in [6.07, 6.45) is -4.20. The Balaban J connectivity index is 2.50. The normalized spacial score (nSPS) is 17.9. The second-order valence-electron chi connectivity index (χ2n) is 4.11. The van der Waals surface area contributed by atoms with Crippen LogP contribution in [0.5, 0.6) is 0 Å². The van der Waals surface area contributed by atoms with E-state index in [4.69, 9.17) is 5.11 Å². The SMILES string of the molecule is O=C(O)C1(c2cc(F)cc(C(F)(F)F)c2)CC1. The van der Waals surface area contributed by atoms with E-state index >= 15 is 0 Å². The molecule has 0 unspecified atom stereocenters. The van der Waals surface area contributed by atoms with Crippen LogP contribution in [0, 0.1) is 5.82 Å². The minimum Gasteiger partial charge on any atom is -0.481 e. The molecule has 1 N–H and O–H groups in total. The molecule has 1 aliphatic rings. The van der Waals surface area contributed by atoms with E-state index in [0.29, 0.717) is 12.1 Å². The van der Waals surface area contributed by atoms with Crippen LogP contribution in [-0.2, 0) is 16.4 Å². The molecular formula is C11H8F4O2. The van der Waals surface area contributed by atoms with Crippen molar-refractivity contribution in [1.82, 2.24) is 0 Å². The van der Waals surface area contributed by atoms with E-state index in [2.05, 4.69) is 0 Å². The first-order valence-electron chi connectivity index (χ1n) is 4.87. The highest BCUT2D eigenvalue weighted by Gasteiger charge is 2.52. The first-order chi connectivity index (χ1) is 7.75. The van der Waals surface area contributed by atoms with Crippen LogP contribution < -0.4 is 0 Å². The van der Waals surface area contributed by atoms with Gasteiger partial charge in [0.05, 0.1) is 11.0 Å². The van der Waals surface area contributed by atoms with Crippen molar-refractivity contribution in [3.63, 3.8) is 0 Å². The Labute approximate surface area is 93.9 Å². The van der Waals surface area contributed by atoms with Gasteiger partial charge >= 0.3 is 12.1 Å². The Morgan fingerprint density at radius 3 is 2.24 bits per heavy atom. The van der Waals surface area contributed by atoms with Crippen molar-refractivity contribution >= 4 is 5.97 Å². The molecule has 0 radical (unpaired) electrons. The van der Waals surface area contributed by atoms with Gasteiger partial charge in [-0.15, -0.1) is 0 Å². The number of carboxylic acid groups (broad SMARTS) is 1. The molecule has 6 heteroatoms. The summed E-state index contributed by atoms with van der Waals surface area (Å²) < 4.78 is 50.4. The average Bonchev–Trinajstić information content (AvgIpc) is 2.95. The van der Waals surface area contributed by atoms with Crippen LogP contribution in [0.25, 0.3) is 0 Å². The quantitative estimate of drug-likeness (QED) is 0.817. The van der Waals surface area contributed by atoms with Gasteiger partial charge in [-0.05, 0) is 36.6 Å². The van der Waals surface area contributed by atoms with E-state index < -0.39 is 28.9 Å². The maximum Gasteiger partial charge on any atom is 0.416 e. The Morgan fingerprint density at radius 1 is 1.24 bits per heavy atom. The molecular weight excluding hydrogens is 240 g/mol. The summed E-state index contributed by atoms with van der Waals surface area (Å²) in [5.74, 6) is -2.28. The molecule has 0 saturated heterocycles. The summed E-state index contributed by atoms with van der Waals surface area (Å²) in [4.78, 5) is 11.0. The number of hydrogen-bond acceptors (Lipinski definition) is 1. The summed E-state index contributed by atoms with van der Waals surface area (Å²) >= 11 is 0. The zero-order valence-electron chi connectivity index (χ0n) is 8.51. The van der Waals surface area contributed by atoms with Gasteiger partial charge in [0.1, 0.15) is 5.82 Å². The van der Waals surface area contributed by atoms with Gasteiger partial charge < -0.3 is 5.11 Å². The summed E-state index contributed by atoms with van der Waals surface area (Å²) in [5, 5.41) is 8.94. The predicted molar refractivity (Wildman–Crippen MR) is 49.9 cm³/mol. The zero-order valence-corrected chi connectivity index (χ0v) is 8.51. The lowest BCUT2D eigenvalue weighted by molar-refractivity contribution is -0.141. The molecule has 2 rings (SSSR count). The second kappa shape index (κ2) is 3.45. The van der Waals surface area contributed by atoms with Crippen molar-refractivity contribution < 1.29 is 27.5 Å². The molecule has 17 heavy (non-hydrogen) atoms. The van der Waals surface area contributed by atoms with E-state index in [1.54, 1.807) is 0 Å². The van der Waals surface area contributed by atoms with Crippen LogP contribution in [0.3, 0.4) is 0 Å². The molecule has 0 atom stereocenters. The summed E-state index contributed by atoms with van der Waals surface area (Å²) in [6, 6.07) is 1.93. The summed E-state index contributed by atoms with van der Waals surface area (Å²) in [7, 11) is 0. The average molecular weight is 248 g/mol. The highest BCUT2D eigenvalue weighted by Crippen LogP contribution is 2.49. The van der Waals surface area contributed by atoms with Gasteiger partial charge in [-0.1, -0.05) is 0 Å². The fraction of sp³-hybridized carbons (Fsp3) is 0.364. The zero-order chi connectivity index (χ0) is 12.8. The molecule has 1 saturated carbocycles. The van der Waals surface area contributed by atoms with Crippen molar-refractivity contribution in [2.24, 2.45) is 0 Å². The standard InChI is InChI=1S/C11H8F4O2/c12-8-4-6(10(1-2-10)9(16)17)3-7(5-8)11(13,14)15/h3-5H,1-2H2,(H,16,17). The third-order valence-electron chi connectivity index (χ3n) is 2.94. The maximum absolute atomic E-state index is 13.1. The van der Waals surface area contributed by atoms with Crippen LogP contribution in [0.1, 0.15) is 24.0 Å². The van der Waals surface area contributed by atoms with Gasteiger partial charge in [0.2, 0.25) is 0 Å². The van der Waals surface area contributed by atoms with Gasteiger partial charge in [0.15, 0.2) is 0 Å². The molecule has 0 aromatic heterocycles. The largest absolute Gasteiger partial charge is 0.481 e. The molecule has 1 aliphatic carbocycles. The Hall–Kier alpha value is -1.59. The molecule has 0 spiro atoms. The van der Waals surface area contributed by atoms with E-state index in [-0.39, 0.29) is 18.4 Å². The Bertz CT molecular complexity index is 475. The molecule has 1 aromatic rings. The smallest absolute Gasteiger partial charge is 0.416 e. The highest BCUT2D eigenvalue weighted by atomic mass is 19.4. The van der Waals surface area contributed by atoms with Gasteiger partial charge in [-0.25, -0.2) is 4.39 Å². The van der Waals surface area contributed by atoms with Gasteiger partial charge in [-0.3, -0.25) is 4.79 Å². The number of carboxylic acids is 1. The van der Waals surface area contributed by atoms with E-state index in [0.717, 1.165) is 6.07 Å². The minimum absolute atomic E-state index is 0.114. The van der Waals surface area contributed by atoms with Crippen LogP contribution in [0.4, 0.5) is 17.6 Å². The predicted octanol–water partition coefficient (Wildman–Crippen LogP) is 2.96. The lowest BCUT2D eigenvalue weighted by Gasteiger charge is -2.13. The summed E-state index contributed by atoms with van der Waals surface area (Å²) in [6.45, 7) is 0. The second-order valence-corrected chi connectivity index (χ2v) is 4.11. The Kier molecular flexibility index (Phi) is 2.41. The van der Waals surface area contributed by atoms with E-state index in [1.165, 1.54) is 0 Å². The maximum atomic E-state index is 13.1. The first-order valence-corrected chi connectivity index (χ1v) is 4.87. The number of aliphatic carboxylic acids is 1. The number of halogens is 4. The van der Waals surface area contributed by atoms with Crippen LogP contribution in [-0.4, -0.2) is 11.1 Å². The van der Waals surface area contributed by atoms with Crippen molar-refractivity contribution in [3.05, 3.63) is 35.1 Å². The highest BCUT2D eigenvalue weighted by molar-refractivity contribution is 5.85. The number of benzene rings is 1. The van der Waals surface area contributed by atoms with Crippen LogP contribution >= 0.6 is 0 Å². The van der Waals surface area contributed by atoms with E-state index in [9.17, 15) is 22.4 Å². The monoisotopic (exact) mass is 248 g/mol. The molecule has 0 bridgehead atoms. The fourth-order valence-corrected chi connectivity index (χ4v) is 1.78. The fourth-order valence-electron chi connectivity index (χ4n) is 1.78. The van der Waals surface area contributed by atoms with Gasteiger partial charge in [-0.2, -0.15) is 13.2 Å². The molecule has 2 nitrogen and oxygen atoms in total. The van der Waals surface area contributed by atoms with Crippen molar-refractivity contribution in [2.45, 2.75) is 24.4 Å². The molecule has 92 valence electrons. The van der Waals surface area contributed by atoms with Crippen molar-refractivity contribution in [2.75, 3.05) is 0 Å². The molecule has 0 aliphatic heterocycles. The third kappa shape index (κ3) is 1.99. The van der Waals surface area contributed by atoms with Crippen LogP contribution in [0.15, 0.2) is 18.2 Å². The number of rotatable bonds is 2. The molecule has 1 fully saturated rings. The van der Waals surface area contributed by atoms with Crippen molar-refractivity contribution in [1.29, 1.82) is 0 Å². The minimum atomic E-state index is -4.68. The number of hydrogen-bond donors (Lipinski definition) is 1. The van der Waals surface area contributed by atoms with E-state index in [1.807, 2.05) is 0 Å². The first kappa shape index (κ1) is 11.9.